The molecule has 2 atom stereocenters. The molecule has 4 heteroatoms. The minimum Gasteiger partial charge on any atom is -0.486 e. The van der Waals surface area contributed by atoms with Crippen LogP contribution in [-0.4, -0.2) is 21.9 Å². The molecule has 1 aliphatic rings. The smallest absolute Gasteiger partial charge is 0.157 e. The zero-order valence-electron chi connectivity index (χ0n) is 7.81. The molecule has 0 amide bonds. The highest BCUT2D eigenvalue weighted by Gasteiger charge is 2.25. The first-order valence-corrected chi connectivity index (χ1v) is 4.66. The first kappa shape index (κ1) is 8.56. The van der Waals surface area contributed by atoms with Gasteiger partial charge in [-0.2, -0.15) is 5.10 Å². The van der Waals surface area contributed by atoms with Crippen molar-refractivity contribution < 1.29 is 4.74 Å². The van der Waals surface area contributed by atoms with Gasteiger partial charge in [-0.3, -0.25) is 4.68 Å². The molecule has 0 aliphatic heterocycles. The Labute approximate surface area is 77.7 Å². The molecule has 72 valence electrons. The average molecular weight is 181 g/mol. The second kappa shape index (κ2) is 3.38. The van der Waals surface area contributed by atoms with E-state index in [-0.39, 0.29) is 12.1 Å². The number of aryl methyl sites for hydroxylation is 1. The van der Waals surface area contributed by atoms with Gasteiger partial charge in [-0.1, -0.05) is 0 Å². The lowest BCUT2D eigenvalue weighted by atomic mass is 10.2. The Kier molecular flexibility index (Phi) is 2.22. The second-order valence-corrected chi connectivity index (χ2v) is 3.60. The molecule has 2 N–H and O–H groups in total. The van der Waals surface area contributed by atoms with E-state index in [4.69, 9.17) is 10.5 Å². The predicted octanol–water partition coefficient (Wildman–Crippen LogP) is 0.679. The number of aromatic nitrogens is 2. The molecular formula is C9H15N3O. The molecule has 1 heterocycles. The maximum atomic E-state index is 5.88. The van der Waals surface area contributed by atoms with Crippen LogP contribution in [0, 0.1) is 0 Å². The highest BCUT2D eigenvalue weighted by Crippen LogP contribution is 2.22. The van der Waals surface area contributed by atoms with Crippen molar-refractivity contribution in [1.82, 2.24) is 9.78 Å². The molecule has 1 fully saturated rings. The number of ether oxygens (including phenoxy) is 1. The molecule has 0 spiro atoms. The Morgan fingerprint density at radius 3 is 3.00 bits per heavy atom. The van der Waals surface area contributed by atoms with Crippen LogP contribution in [0.15, 0.2) is 12.4 Å². The molecule has 2 unspecified atom stereocenters. The van der Waals surface area contributed by atoms with Gasteiger partial charge in [0.1, 0.15) is 6.10 Å². The maximum Gasteiger partial charge on any atom is 0.157 e. The number of nitrogens with two attached hydrogens (primary N) is 1. The zero-order chi connectivity index (χ0) is 9.26. The Morgan fingerprint density at radius 2 is 2.46 bits per heavy atom. The van der Waals surface area contributed by atoms with E-state index in [1.165, 1.54) is 6.42 Å². The molecular weight excluding hydrogens is 166 g/mol. The van der Waals surface area contributed by atoms with E-state index in [2.05, 4.69) is 5.10 Å². The number of nitrogens with zero attached hydrogens (tertiary/aromatic N) is 2. The van der Waals surface area contributed by atoms with Crippen LogP contribution >= 0.6 is 0 Å². The zero-order valence-corrected chi connectivity index (χ0v) is 7.81. The van der Waals surface area contributed by atoms with Crippen molar-refractivity contribution in [3.05, 3.63) is 12.4 Å². The largest absolute Gasteiger partial charge is 0.486 e. The Balaban J connectivity index is 1.97. The lowest BCUT2D eigenvalue weighted by molar-refractivity contribution is 0.191. The van der Waals surface area contributed by atoms with E-state index in [9.17, 15) is 0 Å². The number of rotatable bonds is 2. The molecule has 2 rings (SSSR count). The van der Waals surface area contributed by atoms with E-state index in [1.54, 1.807) is 10.9 Å². The van der Waals surface area contributed by atoms with Crippen molar-refractivity contribution in [3.63, 3.8) is 0 Å². The van der Waals surface area contributed by atoms with Gasteiger partial charge in [-0.15, -0.1) is 0 Å². The van der Waals surface area contributed by atoms with Crippen LogP contribution in [0.5, 0.6) is 5.75 Å². The van der Waals surface area contributed by atoms with E-state index in [0.717, 1.165) is 18.6 Å². The van der Waals surface area contributed by atoms with Crippen molar-refractivity contribution in [1.29, 1.82) is 0 Å². The van der Waals surface area contributed by atoms with E-state index in [1.807, 2.05) is 13.2 Å². The van der Waals surface area contributed by atoms with Crippen LogP contribution in [0.25, 0.3) is 0 Å². The fraction of sp³-hybridized carbons (Fsp3) is 0.667. The average Bonchev–Trinajstić information content (AvgIpc) is 2.64. The first-order chi connectivity index (χ1) is 6.25. The summed E-state index contributed by atoms with van der Waals surface area (Å²) in [4.78, 5) is 0. The SMILES string of the molecule is Cn1cc(OC2CCCC2N)cn1. The molecule has 0 aromatic carbocycles. The second-order valence-electron chi connectivity index (χ2n) is 3.60. The van der Waals surface area contributed by atoms with Crippen LogP contribution in [0.2, 0.25) is 0 Å². The van der Waals surface area contributed by atoms with Gasteiger partial charge in [-0.05, 0) is 19.3 Å². The van der Waals surface area contributed by atoms with Gasteiger partial charge < -0.3 is 10.5 Å². The quantitative estimate of drug-likeness (QED) is 0.730. The lowest BCUT2D eigenvalue weighted by Crippen LogP contribution is -2.33. The third-order valence-electron chi connectivity index (χ3n) is 2.47. The van der Waals surface area contributed by atoms with Crippen LogP contribution in [0.4, 0.5) is 0 Å². The summed E-state index contributed by atoms with van der Waals surface area (Å²) in [6.07, 6.45) is 7.09. The summed E-state index contributed by atoms with van der Waals surface area (Å²) in [6.45, 7) is 0. The van der Waals surface area contributed by atoms with Gasteiger partial charge >= 0.3 is 0 Å². The van der Waals surface area contributed by atoms with E-state index in [0.29, 0.717) is 0 Å². The monoisotopic (exact) mass is 181 g/mol. The van der Waals surface area contributed by atoms with Crippen LogP contribution in [0.3, 0.4) is 0 Å². The Hall–Kier alpha value is -1.03. The minimum absolute atomic E-state index is 0.184. The molecule has 0 radical (unpaired) electrons. The fourth-order valence-corrected chi connectivity index (χ4v) is 1.74. The molecule has 1 aromatic rings. The van der Waals surface area contributed by atoms with Gasteiger partial charge in [0.2, 0.25) is 0 Å². The Morgan fingerprint density at radius 1 is 1.62 bits per heavy atom. The molecule has 0 bridgehead atoms. The third kappa shape index (κ3) is 1.83. The molecule has 13 heavy (non-hydrogen) atoms. The molecule has 1 aromatic heterocycles. The summed E-state index contributed by atoms with van der Waals surface area (Å²) in [7, 11) is 1.88. The summed E-state index contributed by atoms with van der Waals surface area (Å²) >= 11 is 0. The van der Waals surface area contributed by atoms with Crippen molar-refractivity contribution in [2.45, 2.75) is 31.4 Å². The third-order valence-corrected chi connectivity index (χ3v) is 2.47. The van der Waals surface area contributed by atoms with Crippen LogP contribution in [0.1, 0.15) is 19.3 Å². The van der Waals surface area contributed by atoms with Gasteiger partial charge in [0.15, 0.2) is 5.75 Å². The van der Waals surface area contributed by atoms with Gasteiger partial charge in [-0.25, -0.2) is 0 Å². The summed E-state index contributed by atoms with van der Waals surface area (Å²) in [5.74, 6) is 0.824. The van der Waals surface area contributed by atoms with Crippen molar-refractivity contribution >= 4 is 0 Å². The molecule has 1 aliphatic carbocycles. The fourth-order valence-electron chi connectivity index (χ4n) is 1.74. The van der Waals surface area contributed by atoms with Crippen molar-refractivity contribution in [2.75, 3.05) is 0 Å². The Bertz CT molecular complexity index is 284. The maximum absolute atomic E-state index is 5.88. The van der Waals surface area contributed by atoms with Gasteiger partial charge in [0.05, 0.1) is 12.4 Å². The lowest BCUT2D eigenvalue weighted by Gasteiger charge is -2.15. The van der Waals surface area contributed by atoms with Crippen molar-refractivity contribution in [2.24, 2.45) is 12.8 Å². The minimum atomic E-state index is 0.184. The van der Waals surface area contributed by atoms with Crippen LogP contribution < -0.4 is 10.5 Å². The molecule has 0 saturated heterocycles. The van der Waals surface area contributed by atoms with Gasteiger partial charge in [0, 0.05) is 13.1 Å². The molecule has 4 nitrogen and oxygen atoms in total. The summed E-state index contributed by atoms with van der Waals surface area (Å²) in [5.41, 5.74) is 5.88. The standard InChI is InChI=1S/C9H15N3O/c1-12-6-7(5-11-12)13-9-4-2-3-8(9)10/h5-6,8-9H,2-4,10H2,1H3. The summed E-state index contributed by atoms with van der Waals surface area (Å²) in [5, 5.41) is 4.03. The number of hydrogen-bond acceptors (Lipinski definition) is 3. The highest BCUT2D eigenvalue weighted by molar-refractivity contribution is 5.12. The van der Waals surface area contributed by atoms with Crippen LogP contribution in [-0.2, 0) is 7.05 Å². The number of hydrogen-bond donors (Lipinski definition) is 1. The van der Waals surface area contributed by atoms with E-state index >= 15 is 0 Å². The predicted molar refractivity (Wildman–Crippen MR) is 49.5 cm³/mol. The highest BCUT2D eigenvalue weighted by atomic mass is 16.5. The summed E-state index contributed by atoms with van der Waals surface area (Å²) in [6, 6.07) is 0.195. The normalized spacial score (nSPS) is 27.8. The van der Waals surface area contributed by atoms with E-state index < -0.39 is 0 Å². The van der Waals surface area contributed by atoms with Gasteiger partial charge in [0.25, 0.3) is 0 Å². The van der Waals surface area contributed by atoms with Crippen molar-refractivity contribution in [3.8, 4) is 5.75 Å². The molecule has 1 saturated carbocycles. The first-order valence-electron chi connectivity index (χ1n) is 4.66. The topological polar surface area (TPSA) is 53.1 Å². The summed E-state index contributed by atoms with van der Waals surface area (Å²) < 4.78 is 7.43.